The van der Waals surface area contributed by atoms with E-state index in [1.165, 1.54) is 0 Å². The standard InChI is InChI=1S/C19H21N3O2/c1-13(2)18(23)22-11-10-14-12-16(8-9-17(14)22)21-19(24)20-15-6-4-3-5-7-15/h3-9,12-13H,10-11H2,1-2H3,(H2,20,21,24). The van der Waals surface area contributed by atoms with Gasteiger partial charge in [-0.2, -0.15) is 0 Å². The summed E-state index contributed by atoms with van der Waals surface area (Å²) in [7, 11) is 0. The van der Waals surface area contributed by atoms with Gasteiger partial charge in [0.25, 0.3) is 0 Å². The molecule has 1 aliphatic heterocycles. The highest BCUT2D eigenvalue weighted by atomic mass is 16.2. The Bertz CT molecular complexity index is 756. The molecule has 0 aromatic heterocycles. The summed E-state index contributed by atoms with van der Waals surface area (Å²) in [6.45, 7) is 4.51. The average Bonchev–Trinajstić information content (AvgIpc) is 2.97. The van der Waals surface area contributed by atoms with Crippen LogP contribution in [0.1, 0.15) is 19.4 Å². The number of para-hydroxylation sites is 1. The fourth-order valence-corrected chi connectivity index (χ4v) is 2.84. The molecule has 1 heterocycles. The lowest BCUT2D eigenvalue weighted by molar-refractivity contribution is -0.121. The number of carbonyl (C=O) groups excluding carboxylic acids is 2. The van der Waals surface area contributed by atoms with Crippen LogP contribution in [0.25, 0.3) is 0 Å². The summed E-state index contributed by atoms with van der Waals surface area (Å²) < 4.78 is 0. The van der Waals surface area contributed by atoms with Gasteiger partial charge < -0.3 is 15.5 Å². The third-order valence-corrected chi connectivity index (χ3v) is 4.02. The van der Waals surface area contributed by atoms with Crippen molar-refractivity contribution >= 4 is 29.0 Å². The third-order valence-electron chi connectivity index (χ3n) is 4.02. The van der Waals surface area contributed by atoms with Gasteiger partial charge in [-0.05, 0) is 42.3 Å². The van der Waals surface area contributed by atoms with E-state index in [0.29, 0.717) is 6.54 Å². The van der Waals surface area contributed by atoms with Crippen LogP contribution in [0.2, 0.25) is 0 Å². The molecule has 0 saturated carbocycles. The monoisotopic (exact) mass is 323 g/mol. The number of benzene rings is 2. The van der Waals surface area contributed by atoms with Crippen molar-refractivity contribution in [3.8, 4) is 0 Å². The van der Waals surface area contributed by atoms with E-state index in [2.05, 4.69) is 10.6 Å². The predicted octanol–water partition coefficient (Wildman–Crippen LogP) is 3.88. The molecule has 2 aromatic carbocycles. The molecule has 2 N–H and O–H groups in total. The molecule has 0 atom stereocenters. The van der Waals surface area contributed by atoms with E-state index < -0.39 is 0 Å². The molecule has 1 aliphatic rings. The van der Waals surface area contributed by atoms with Gasteiger partial charge in [-0.1, -0.05) is 32.0 Å². The Morgan fingerprint density at radius 3 is 2.42 bits per heavy atom. The molecule has 24 heavy (non-hydrogen) atoms. The Morgan fingerprint density at radius 2 is 1.71 bits per heavy atom. The second kappa shape index (κ2) is 6.74. The van der Waals surface area contributed by atoms with Gasteiger partial charge in [-0.3, -0.25) is 4.79 Å². The summed E-state index contributed by atoms with van der Waals surface area (Å²) in [5.41, 5.74) is 3.50. The molecule has 3 amide bonds. The lowest BCUT2D eigenvalue weighted by Gasteiger charge is -2.19. The van der Waals surface area contributed by atoms with Gasteiger partial charge in [-0.15, -0.1) is 0 Å². The van der Waals surface area contributed by atoms with Crippen LogP contribution in [-0.2, 0) is 11.2 Å². The first-order valence-corrected chi connectivity index (χ1v) is 8.12. The molecule has 5 heteroatoms. The summed E-state index contributed by atoms with van der Waals surface area (Å²) in [6, 6.07) is 14.7. The van der Waals surface area contributed by atoms with Crippen molar-refractivity contribution in [3.63, 3.8) is 0 Å². The number of hydrogen-bond acceptors (Lipinski definition) is 2. The molecular formula is C19H21N3O2. The molecule has 2 aromatic rings. The number of fused-ring (bicyclic) bond motifs is 1. The van der Waals surface area contributed by atoms with Crippen LogP contribution in [0.5, 0.6) is 0 Å². The van der Waals surface area contributed by atoms with E-state index in [9.17, 15) is 9.59 Å². The Kier molecular flexibility index (Phi) is 4.51. The van der Waals surface area contributed by atoms with Crippen LogP contribution >= 0.6 is 0 Å². The maximum absolute atomic E-state index is 12.2. The van der Waals surface area contributed by atoms with Crippen molar-refractivity contribution in [1.29, 1.82) is 0 Å². The Morgan fingerprint density at radius 1 is 1.00 bits per heavy atom. The number of amides is 3. The molecule has 0 fully saturated rings. The molecule has 0 spiro atoms. The normalized spacial score (nSPS) is 12.9. The topological polar surface area (TPSA) is 61.4 Å². The summed E-state index contributed by atoms with van der Waals surface area (Å²) in [4.78, 5) is 26.1. The quantitative estimate of drug-likeness (QED) is 0.900. The van der Waals surface area contributed by atoms with Crippen molar-refractivity contribution in [2.45, 2.75) is 20.3 Å². The molecular weight excluding hydrogens is 302 g/mol. The molecule has 0 aliphatic carbocycles. The average molecular weight is 323 g/mol. The van der Waals surface area contributed by atoms with Crippen molar-refractivity contribution < 1.29 is 9.59 Å². The molecule has 0 bridgehead atoms. The number of anilines is 3. The summed E-state index contributed by atoms with van der Waals surface area (Å²) >= 11 is 0. The maximum Gasteiger partial charge on any atom is 0.323 e. The van der Waals surface area contributed by atoms with E-state index in [-0.39, 0.29) is 17.9 Å². The maximum atomic E-state index is 12.2. The van der Waals surface area contributed by atoms with Gasteiger partial charge in [0.2, 0.25) is 5.91 Å². The number of nitrogens with one attached hydrogen (secondary N) is 2. The zero-order chi connectivity index (χ0) is 17.1. The largest absolute Gasteiger partial charge is 0.323 e. The van der Waals surface area contributed by atoms with Gasteiger partial charge in [-0.25, -0.2) is 4.79 Å². The lowest BCUT2D eigenvalue weighted by atomic mass is 10.1. The number of nitrogens with zero attached hydrogens (tertiary/aromatic N) is 1. The molecule has 124 valence electrons. The smallest absolute Gasteiger partial charge is 0.312 e. The molecule has 5 nitrogen and oxygen atoms in total. The fraction of sp³-hybridized carbons (Fsp3) is 0.263. The lowest BCUT2D eigenvalue weighted by Crippen LogP contribution is -2.32. The Balaban J connectivity index is 1.69. The molecule has 3 rings (SSSR count). The second-order valence-corrected chi connectivity index (χ2v) is 6.18. The second-order valence-electron chi connectivity index (χ2n) is 6.18. The number of urea groups is 1. The van der Waals surface area contributed by atoms with Crippen LogP contribution < -0.4 is 15.5 Å². The number of hydrogen-bond donors (Lipinski definition) is 2. The minimum Gasteiger partial charge on any atom is -0.312 e. The van der Waals surface area contributed by atoms with E-state index in [1.54, 1.807) is 0 Å². The Labute approximate surface area is 141 Å². The fourth-order valence-electron chi connectivity index (χ4n) is 2.84. The van der Waals surface area contributed by atoms with Crippen LogP contribution in [0, 0.1) is 5.92 Å². The highest BCUT2D eigenvalue weighted by Crippen LogP contribution is 2.31. The van der Waals surface area contributed by atoms with Crippen LogP contribution in [0.4, 0.5) is 21.9 Å². The van der Waals surface area contributed by atoms with Crippen molar-refractivity contribution in [1.82, 2.24) is 0 Å². The van der Waals surface area contributed by atoms with Gasteiger partial charge in [0.05, 0.1) is 0 Å². The first-order chi connectivity index (χ1) is 11.5. The number of carbonyl (C=O) groups is 2. The van der Waals surface area contributed by atoms with E-state index in [1.807, 2.05) is 67.3 Å². The van der Waals surface area contributed by atoms with Crippen LogP contribution in [0.15, 0.2) is 48.5 Å². The van der Waals surface area contributed by atoms with E-state index in [4.69, 9.17) is 0 Å². The summed E-state index contributed by atoms with van der Waals surface area (Å²) in [5, 5.41) is 5.62. The first kappa shape index (κ1) is 16.1. The van der Waals surface area contributed by atoms with Crippen molar-refractivity contribution in [3.05, 3.63) is 54.1 Å². The molecule has 0 unspecified atom stereocenters. The SMILES string of the molecule is CC(C)C(=O)N1CCc2cc(NC(=O)Nc3ccccc3)ccc21. The molecule has 0 radical (unpaired) electrons. The first-order valence-electron chi connectivity index (χ1n) is 8.12. The minimum absolute atomic E-state index is 0.0228. The van der Waals surface area contributed by atoms with Crippen LogP contribution in [0.3, 0.4) is 0 Å². The molecule has 0 saturated heterocycles. The van der Waals surface area contributed by atoms with E-state index in [0.717, 1.165) is 29.0 Å². The van der Waals surface area contributed by atoms with Gasteiger partial charge in [0.1, 0.15) is 0 Å². The van der Waals surface area contributed by atoms with Gasteiger partial charge in [0, 0.05) is 29.5 Å². The number of rotatable bonds is 3. The minimum atomic E-state index is -0.283. The van der Waals surface area contributed by atoms with Crippen LogP contribution in [-0.4, -0.2) is 18.5 Å². The Hall–Kier alpha value is -2.82. The zero-order valence-electron chi connectivity index (χ0n) is 13.9. The van der Waals surface area contributed by atoms with Gasteiger partial charge in [0.15, 0.2) is 0 Å². The highest BCUT2D eigenvalue weighted by Gasteiger charge is 2.26. The predicted molar refractivity (Wildman–Crippen MR) is 96.4 cm³/mol. The third kappa shape index (κ3) is 3.40. The van der Waals surface area contributed by atoms with Crippen molar-refractivity contribution in [2.24, 2.45) is 5.92 Å². The summed E-state index contributed by atoms with van der Waals surface area (Å²) in [5.74, 6) is 0.113. The summed E-state index contributed by atoms with van der Waals surface area (Å²) in [6.07, 6.45) is 0.809. The van der Waals surface area contributed by atoms with Gasteiger partial charge >= 0.3 is 6.03 Å². The van der Waals surface area contributed by atoms with E-state index >= 15 is 0 Å². The highest BCUT2D eigenvalue weighted by molar-refractivity contribution is 6.01. The van der Waals surface area contributed by atoms with Crippen molar-refractivity contribution in [2.75, 3.05) is 22.1 Å². The zero-order valence-corrected chi connectivity index (χ0v) is 13.9.